The largest absolute Gasteiger partial charge is 0.496 e. The number of carbonyl (C=O) groups excluding carboxylic acids is 1. The van der Waals surface area contributed by atoms with Crippen LogP contribution >= 0.6 is 0 Å². The van der Waals surface area contributed by atoms with Gasteiger partial charge in [-0.05, 0) is 0 Å². The van der Waals surface area contributed by atoms with Crippen molar-refractivity contribution in [2.75, 3.05) is 13.7 Å². The number of rotatable bonds is 3. The first-order chi connectivity index (χ1) is 6.60. The molecule has 0 aromatic heterocycles. The molecular weight excluding hydrogens is 192 g/mol. The van der Waals surface area contributed by atoms with Crippen molar-refractivity contribution in [3.63, 3.8) is 0 Å². The minimum absolute atomic E-state index is 0.141. The molecule has 0 radical (unpaired) electrons. The summed E-state index contributed by atoms with van der Waals surface area (Å²) < 4.78 is 30.5. The second-order valence-corrected chi connectivity index (χ2v) is 2.59. The first kappa shape index (κ1) is 10.6. The normalized spacial score (nSPS) is 10.0. The van der Waals surface area contributed by atoms with Gasteiger partial charge in [-0.1, -0.05) is 0 Å². The number of hydrogen-bond donors (Lipinski definition) is 1. The molecule has 5 heteroatoms. The van der Waals surface area contributed by atoms with Crippen LogP contribution in [-0.2, 0) is 0 Å². The average Bonchev–Trinajstić information content (AvgIpc) is 2.15. The highest BCUT2D eigenvalue weighted by atomic mass is 19.1. The monoisotopic (exact) mass is 201 g/mol. The van der Waals surface area contributed by atoms with Crippen molar-refractivity contribution in [1.29, 1.82) is 0 Å². The molecular formula is C9H9F2NO2. The Morgan fingerprint density at radius 1 is 1.50 bits per heavy atom. The fourth-order valence-corrected chi connectivity index (χ4v) is 1.08. The van der Waals surface area contributed by atoms with Gasteiger partial charge in [-0.25, -0.2) is 8.78 Å². The Bertz CT molecular complexity index is 366. The lowest BCUT2D eigenvalue weighted by atomic mass is 10.1. The van der Waals surface area contributed by atoms with E-state index in [-0.39, 0.29) is 17.9 Å². The average molecular weight is 201 g/mol. The van der Waals surface area contributed by atoms with E-state index in [1.54, 1.807) is 0 Å². The number of carbonyl (C=O) groups is 1. The highest BCUT2D eigenvalue weighted by Crippen LogP contribution is 2.23. The molecule has 1 aromatic rings. The van der Waals surface area contributed by atoms with E-state index >= 15 is 0 Å². The first-order valence-corrected chi connectivity index (χ1v) is 3.86. The van der Waals surface area contributed by atoms with E-state index in [9.17, 15) is 13.6 Å². The topological polar surface area (TPSA) is 52.3 Å². The van der Waals surface area contributed by atoms with Crippen molar-refractivity contribution in [1.82, 2.24) is 0 Å². The summed E-state index contributed by atoms with van der Waals surface area (Å²) in [5, 5.41) is 0. The molecule has 0 saturated carbocycles. The quantitative estimate of drug-likeness (QED) is 0.745. The van der Waals surface area contributed by atoms with Crippen LogP contribution in [0, 0.1) is 11.6 Å². The summed E-state index contributed by atoms with van der Waals surface area (Å²) in [6, 6.07) is 1.55. The van der Waals surface area contributed by atoms with Crippen molar-refractivity contribution in [2.24, 2.45) is 5.73 Å². The van der Waals surface area contributed by atoms with E-state index in [1.807, 2.05) is 0 Å². The standard InChI is InChI=1S/C9H9F2NO2/c1-14-8-3-5(10)2-6(11)9(8)7(13)4-12/h2-3H,4,12H2,1H3. The third-order valence-corrected chi connectivity index (χ3v) is 1.70. The van der Waals surface area contributed by atoms with Gasteiger partial charge in [-0.2, -0.15) is 0 Å². The summed E-state index contributed by atoms with van der Waals surface area (Å²) in [5.74, 6) is -2.53. The van der Waals surface area contributed by atoms with Crippen molar-refractivity contribution in [3.05, 3.63) is 29.3 Å². The highest BCUT2D eigenvalue weighted by Gasteiger charge is 2.17. The molecule has 0 heterocycles. The number of ketones is 1. The third-order valence-electron chi connectivity index (χ3n) is 1.70. The molecule has 2 N–H and O–H groups in total. The van der Waals surface area contributed by atoms with Crippen LogP contribution in [0.2, 0.25) is 0 Å². The van der Waals surface area contributed by atoms with Gasteiger partial charge < -0.3 is 10.5 Å². The number of benzene rings is 1. The summed E-state index contributed by atoms with van der Waals surface area (Å²) in [6.07, 6.45) is 0. The highest BCUT2D eigenvalue weighted by molar-refractivity contribution is 6.00. The molecule has 0 aliphatic carbocycles. The maximum Gasteiger partial charge on any atom is 0.183 e. The summed E-state index contributed by atoms with van der Waals surface area (Å²) in [6.45, 7) is -0.348. The van der Waals surface area contributed by atoms with Crippen LogP contribution in [0.15, 0.2) is 12.1 Å². The molecule has 0 atom stereocenters. The minimum Gasteiger partial charge on any atom is -0.496 e. The summed E-state index contributed by atoms with van der Waals surface area (Å²) >= 11 is 0. The van der Waals surface area contributed by atoms with Crippen LogP contribution in [0.1, 0.15) is 10.4 Å². The van der Waals surface area contributed by atoms with E-state index in [0.717, 1.165) is 6.07 Å². The SMILES string of the molecule is COc1cc(F)cc(F)c1C(=O)CN. The zero-order chi connectivity index (χ0) is 10.7. The Morgan fingerprint density at radius 3 is 2.64 bits per heavy atom. The maximum atomic E-state index is 13.1. The predicted octanol–water partition coefficient (Wildman–Crippen LogP) is 1.11. The zero-order valence-corrected chi connectivity index (χ0v) is 7.51. The summed E-state index contributed by atoms with van der Waals surface area (Å²) in [4.78, 5) is 11.2. The molecule has 0 saturated heterocycles. The van der Waals surface area contributed by atoms with Crippen LogP contribution in [0.25, 0.3) is 0 Å². The molecule has 0 aliphatic rings. The number of ether oxygens (including phenoxy) is 1. The molecule has 0 aliphatic heterocycles. The molecule has 0 unspecified atom stereocenters. The molecule has 14 heavy (non-hydrogen) atoms. The Hall–Kier alpha value is -1.49. The van der Waals surface area contributed by atoms with E-state index in [1.165, 1.54) is 7.11 Å². The zero-order valence-electron chi connectivity index (χ0n) is 7.51. The van der Waals surface area contributed by atoms with E-state index in [2.05, 4.69) is 4.74 Å². The third kappa shape index (κ3) is 1.88. The Kier molecular flexibility index (Phi) is 3.14. The Labute approximate surface area is 79.5 Å². The van der Waals surface area contributed by atoms with Crippen LogP contribution in [0.5, 0.6) is 5.75 Å². The predicted molar refractivity (Wildman–Crippen MR) is 46.3 cm³/mol. The summed E-state index contributed by atoms with van der Waals surface area (Å²) in [5.41, 5.74) is 4.76. The molecule has 0 amide bonds. The summed E-state index contributed by atoms with van der Waals surface area (Å²) in [7, 11) is 1.22. The molecule has 3 nitrogen and oxygen atoms in total. The van der Waals surface area contributed by atoms with Crippen molar-refractivity contribution in [2.45, 2.75) is 0 Å². The molecule has 0 bridgehead atoms. The Morgan fingerprint density at radius 2 is 2.14 bits per heavy atom. The lowest BCUT2D eigenvalue weighted by Gasteiger charge is -2.07. The second-order valence-electron chi connectivity index (χ2n) is 2.59. The number of nitrogens with two attached hydrogens (primary N) is 1. The molecule has 76 valence electrons. The molecule has 1 rings (SSSR count). The van der Waals surface area contributed by atoms with Gasteiger partial charge in [-0.15, -0.1) is 0 Å². The second kappa shape index (κ2) is 4.15. The molecule has 0 fully saturated rings. The minimum atomic E-state index is -0.961. The van der Waals surface area contributed by atoms with Gasteiger partial charge in [0.15, 0.2) is 5.78 Å². The molecule has 1 aromatic carbocycles. The smallest absolute Gasteiger partial charge is 0.183 e. The van der Waals surface area contributed by atoms with Crippen molar-refractivity contribution < 1.29 is 18.3 Å². The van der Waals surface area contributed by atoms with Gasteiger partial charge in [-0.3, -0.25) is 4.79 Å². The lowest BCUT2D eigenvalue weighted by molar-refractivity contribution is 0.0994. The number of methoxy groups -OCH3 is 1. The first-order valence-electron chi connectivity index (χ1n) is 3.86. The Balaban J connectivity index is 3.32. The van der Waals surface area contributed by atoms with Crippen LogP contribution in [-0.4, -0.2) is 19.4 Å². The van der Waals surface area contributed by atoms with Gasteiger partial charge in [0.1, 0.15) is 17.4 Å². The van der Waals surface area contributed by atoms with Gasteiger partial charge >= 0.3 is 0 Å². The maximum absolute atomic E-state index is 13.1. The van der Waals surface area contributed by atoms with Crippen molar-refractivity contribution >= 4 is 5.78 Å². The van der Waals surface area contributed by atoms with Gasteiger partial charge in [0.25, 0.3) is 0 Å². The van der Waals surface area contributed by atoms with Crippen LogP contribution < -0.4 is 10.5 Å². The fourth-order valence-electron chi connectivity index (χ4n) is 1.08. The lowest BCUT2D eigenvalue weighted by Crippen LogP contribution is -2.16. The van der Waals surface area contributed by atoms with E-state index in [0.29, 0.717) is 6.07 Å². The number of halogens is 2. The van der Waals surface area contributed by atoms with Gasteiger partial charge in [0.05, 0.1) is 19.2 Å². The van der Waals surface area contributed by atoms with E-state index in [4.69, 9.17) is 5.73 Å². The van der Waals surface area contributed by atoms with E-state index < -0.39 is 17.4 Å². The number of Topliss-reactive ketones (excluding diaryl/α,β-unsaturated/α-hetero) is 1. The fraction of sp³-hybridized carbons (Fsp3) is 0.222. The molecule has 0 spiro atoms. The van der Waals surface area contributed by atoms with Crippen LogP contribution in [0.3, 0.4) is 0 Å². The number of hydrogen-bond acceptors (Lipinski definition) is 3. The van der Waals surface area contributed by atoms with Crippen LogP contribution in [0.4, 0.5) is 8.78 Å². The van der Waals surface area contributed by atoms with Gasteiger partial charge in [0.2, 0.25) is 0 Å². The van der Waals surface area contributed by atoms with Crippen molar-refractivity contribution in [3.8, 4) is 5.75 Å². The van der Waals surface area contributed by atoms with Gasteiger partial charge in [0, 0.05) is 12.1 Å².